The average Bonchev–Trinajstić information content (AvgIpc) is 2.36. The summed E-state index contributed by atoms with van der Waals surface area (Å²) in [6.07, 6.45) is 11.7. The monoisotopic (exact) mass is 255 g/mol. The molecule has 3 N–H and O–H groups in total. The van der Waals surface area contributed by atoms with E-state index in [1.807, 2.05) is 0 Å². The van der Waals surface area contributed by atoms with E-state index in [2.05, 4.69) is 18.7 Å². The predicted molar refractivity (Wildman–Crippen MR) is 81.3 cm³/mol. The van der Waals surface area contributed by atoms with Gasteiger partial charge in [-0.15, -0.1) is 0 Å². The maximum absolute atomic E-state index is 7.24. The number of nitrogens with two attached hydrogens (primary N) is 1. The van der Waals surface area contributed by atoms with Crippen LogP contribution in [0.2, 0.25) is 0 Å². The molecule has 0 amide bonds. The molecule has 0 aromatic rings. The quantitative estimate of drug-likeness (QED) is 0.299. The molecule has 0 spiro atoms. The van der Waals surface area contributed by atoms with Gasteiger partial charge in [0.25, 0.3) is 0 Å². The molecule has 0 rings (SSSR count). The summed E-state index contributed by atoms with van der Waals surface area (Å²) in [5, 5.41) is 7.24. The summed E-state index contributed by atoms with van der Waals surface area (Å²) in [5.74, 6) is 0.310. The summed E-state index contributed by atoms with van der Waals surface area (Å²) in [6, 6.07) is 0. The lowest BCUT2D eigenvalue weighted by molar-refractivity contribution is 0.288. The Kier molecular flexibility index (Phi) is 12.5. The first-order chi connectivity index (χ1) is 8.70. The molecule has 0 atom stereocenters. The number of nitrogens with zero attached hydrogens (tertiary/aromatic N) is 1. The van der Waals surface area contributed by atoms with Crippen LogP contribution in [0.15, 0.2) is 0 Å². The number of hydrogen-bond donors (Lipinski definition) is 2. The number of rotatable bonds is 13. The van der Waals surface area contributed by atoms with E-state index in [1.165, 1.54) is 57.9 Å². The van der Waals surface area contributed by atoms with Crippen LogP contribution in [0.4, 0.5) is 0 Å². The van der Waals surface area contributed by atoms with Crippen LogP contribution >= 0.6 is 0 Å². The molecule has 0 aliphatic carbocycles. The fourth-order valence-electron chi connectivity index (χ4n) is 2.18. The van der Waals surface area contributed by atoms with Crippen LogP contribution in [0.25, 0.3) is 0 Å². The van der Waals surface area contributed by atoms with Crippen LogP contribution in [0.5, 0.6) is 0 Å². The highest BCUT2D eigenvalue weighted by Gasteiger charge is 2.02. The lowest BCUT2D eigenvalue weighted by Gasteiger charge is -2.19. The number of unbranched alkanes of at least 4 members (excludes halogenated alkanes) is 7. The predicted octanol–water partition coefficient (Wildman–Crippen LogP) is 3.78. The largest absolute Gasteiger partial charge is 0.388 e. The van der Waals surface area contributed by atoms with Crippen molar-refractivity contribution in [1.82, 2.24) is 4.90 Å². The minimum atomic E-state index is 0.310. The molecule has 0 saturated heterocycles. The van der Waals surface area contributed by atoms with Gasteiger partial charge in [-0.2, -0.15) is 0 Å². The van der Waals surface area contributed by atoms with E-state index in [9.17, 15) is 0 Å². The van der Waals surface area contributed by atoms with Crippen LogP contribution in [-0.2, 0) is 0 Å². The third kappa shape index (κ3) is 11.9. The molecule has 0 radical (unpaired) electrons. The van der Waals surface area contributed by atoms with Gasteiger partial charge in [0.05, 0.1) is 5.84 Å². The van der Waals surface area contributed by atoms with E-state index in [0.29, 0.717) is 12.3 Å². The summed E-state index contributed by atoms with van der Waals surface area (Å²) in [6.45, 7) is 7.64. The van der Waals surface area contributed by atoms with Gasteiger partial charge >= 0.3 is 0 Å². The number of hydrogen-bond acceptors (Lipinski definition) is 2. The lowest BCUT2D eigenvalue weighted by atomic mass is 10.1. The Morgan fingerprint density at radius 2 is 1.44 bits per heavy atom. The van der Waals surface area contributed by atoms with Gasteiger partial charge in [0, 0.05) is 13.0 Å². The van der Waals surface area contributed by atoms with Crippen LogP contribution in [0.1, 0.15) is 71.6 Å². The van der Waals surface area contributed by atoms with Crippen molar-refractivity contribution in [3.63, 3.8) is 0 Å². The molecule has 0 bridgehead atoms. The third-order valence-electron chi connectivity index (χ3n) is 3.47. The molecule has 0 aromatic heterocycles. The summed E-state index contributed by atoms with van der Waals surface area (Å²) in [5.41, 5.74) is 5.39. The van der Waals surface area contributed by atoms with Gasteiger partial charge in [0.2, 0.25) is 0 Å². The Morgan fingerprint density at radius 1 is 0.889 bits per heavy atom. The van der Waals surface area contributed by atoms with Gasteiger partial charge < -0.3 is 10.6 Å². The van der Waals surface area contributed by atoms with Crippen molar-refractivity contribution in [3.05, 3.63) is 0 Å². The molecule has 0 aliphatic rings. The SMILES string of the molecule is CCCCCCCCCCN(CC)CCC(=N)N. The summed E-state index contributed by atoms with van der Waals surface area (Å²) < 4.78 is 0. The summed E-state index contributed by atoms with van der Waals surface area (Å²) >= 11 is 0. The van der Waals surface area contributed by atoms with Crippen molar-refractivity contribution >= 4 is 5.84 Å². The molecule has 0 fully saturated rings. The minimum Gasteiger partial charge on any atom is -0.388 e. The molecule has 0 unspecified atom stereocenters. The van der Waals surface area contributed by atoms with E-state index < -0.39 is 0 Å². The van der Waals surface area contributed by atoms with Gasteiger partial charge in [-0.25, -0.2) is 0 Å². The van der Waals surface area contributed by atoms with Gasteiger partial charge in [0.1, 0.15) is 0 Å². The molecular formula is C15H33N3. The Bertz CT molecular complexity index is 192. The maximum Gasteiger partial charge on any atom is 0.0918 e. The molecule has 108 valence electrons. The van der Waals surface area contributed by atoms with Crippen LogP contribution < -0.4 is 5.73 Å². The van der Waals surface area contributed by atoms with Crippen molar-refractivity contribution < 1.29 is 0 Å². The Hall–Kier alpha value is -0.570. The van der Waals surface area contributed by atoms with E-state index in [4.69, 9.17) is 11.1 Å². The first-order valence-corrected chi connectivity index (χ1v) is 7.76. The summed E-state index contributed by atoms with van der Waals surface area (Å²) in [7, 11) is 0. The topological polar surface area (TPSA) is 53.1 Å². The Labute approximate surface area is 114 Å². The number of amidine groups is 1. The van der Waals surface area contributed by atoms with Crippen molar-refractivity contribution in [2.24, 2.45) is 5.73 Å². The molecule has 18 heavy (non-hydrogen) atoms. The highest BCUT2D eigenvalue weighted by atomic mass is 15.1. The van der Waals surface area contributed by atoms with Gasteiger partial charge in [0.15, 0.2) is 0 Å². The highest BCUT2D eigenvalue weighted by Crippen LogP contribution is 2.08. The van der Waals surface area contributed by atoms with Gasteiger partial charge in [-0.3, -0.25) is 5.41 Å². The molecule has 0 aliphatic heterocycles. The van der Waals surface area contributed by atoms with Crippen LogP contribution in [0, 0.1) is 5.41 Å². The van der Waals surface area contributed by atoms with E-state index >= 15 is 0 Å². The molecular weight excluding hydrogens is 222 g/mol. The van der Waals surface area contributed by atoms with E-state index in [1.54, 1.807) is 0 Å². The smallest absolute Gasteiger partial charge is 0.0918 e. The van der Waals surface area contributed by atoms with Crippen molar-refractivity contribution in [1.29, 1.82) is 5.41 Å². The first-order valence-electron chi connectivity index (χ1n) is 7.76. The first kappa shape index (κ1) is 17.4. The second kappa shape index (κ2) is 12.9. The molecule has 3 heteroatoms. The van der Waals surface area contributed by atoms with Crippen LogP contribution in [0.3, 0.4) is 0 Å². The minimum absolute atomic E-state index is 0.310. The molecule has 3 nitrogen and oxygen atoms in total. The van der Waals surface area contributed by atoms with E-state index in [0.717, 1.165) is 13.1 Å². The second-order valence-electron chi connectivity index (χ2n) is 5.18. The van der Waals surface area contributed by atoms with Gasteiger partial charge in [-0.05, 0) is 19.5 Å². The highest BCUT2D eigenvalue weighted by molar-refractivity contribution is 5.76. The van der Waals surface area contributed by atoms with E-state index in [-0.39, 0.29) is 0 Å². The maximum atomic E-state index is 7.24. The standard InChI is InChI=1S/C15H33N3/c1-3-5-6-7-8-9-10-11-13-18(4-2)14-12-15(16)17/h3-14H2,1-2H3,(H3,16,17). The molecule has 0 heterocycles. The van der Waals surface area contributed by atoms with Crippen molar-refractivity contribution in [3.8, 4) is 0 Å². The third-order valence-corrected chi connectivity index (χ3v) is 3.47. The number of nitrogens with one attached hydrogen (secondary N) is 1. The second-order valence-corrected chi connectivity index (χ2v) is 5.18. The van der Waals surface area contributed by atoms with Crippen molar-refractivity contribution in [2.75, 3.05) is 19.6 Å². The lowest BCUT2D eigenvalue weighted by Crippen LogP contribution is -2.28. The fraction of sp³-hybridized carbons (Fsp3) is 0.933. The zero-order valence-corrected chi connectivity index (χ0v) is 12.5. The Morgan fingerprint density at radius 3 is 1.94 bits per heavy atom. The summed E-state index contributed by atoms with van der Waals surface area (Å²) in [4.78, 5) is 2.40. The van der Waals surface area contributed by atoms with Gasteiger partial charge in [-0.1, -0.05) is 58.8 Å². The zero-order valence-electron chi connectivity index (χ0n) is 12.5. The molecule has 0 aromatic carbocycles. The molecule has 0 saturated carbocycles. The van der Waals surface area contributed by atoms with Crippen LogP contribution in [-0.4, -0.2) is 30.4 Å². The fourth-order valence-corrected chi connectivity index (χ4v) is 2.18. The zero-order chi connectivity index (χ0) is 13.6. The van der Waals surface area contributed by atoms with Crippen molar-refractivity contribution in [2.45, 2.75) is 71.6 Å². The average molecular weight is 255 g/mol. The Balaban J connectivity index is 3.31. The normalized spacial score (nSPS) is 11.1.